The molecule has 0 aromatic heterocycles. The number of rotatable bonds is 5. The molecule has 0 heterocycles. The molecule has 0 aliphatic heterocycles. The molecule has 0 bridgehead atoms. The van der Waals surface area contributed by atoms with Gasteiger partial charge in [-0.05, 0) is 16.9 Å². The Kier molecular flexibility index (Phi) is 6.08. The predicted octanol–water partition coefficient (Wildman–Crippen LogP) is 3.74. The van der Waals surface area contributed by atoms with Crippen LogP contribution in [0.3, 0.4) is 0 Å². The number of non-ortho nitro benzene ring substituents is 1. The Balaban J connectivity index is 2.23. The van der Waals surface area contributed by atoms with Crippen molar-refractivity contribution in [1.29, 1.82) is 0 Å². The Hall–Kier alpha value is -3.30. The highest BCUT2D eigenvalue weighted by molar-refractivity contribution is 6.11. The van der Waals surface area contributed by atoms with Crippen LogP contribution in [-0.4, -0.2) is 33.0 Å². The third-order valence-corrected chi connectivity index (χ3v) is 6.50. The molecule has 3 rings (SSSR count). The maximum atomic E-state index is 13.2. The van der Waals surface area contributed by atoms with Crippen LogP contribution in [0.1, 0.15) is 64.9 Å². The number of ketones is 4. The minimum absolute atomic E-state index is 0.0152. The maximum Gasteiger partial charge on any atom is 0.279 e. The fourth-order valence-electron chi connectivity index (χ4n) is 5.25. The lowest BCUT2D eigenvalue weighted by Gasteiger charge is -2.40. The van der Waals surface area contributed by atoms with Crippen LogP contribution in [0, 0.1) is 42.9 Å². The first kappa shape index (κ1) is 24.3. The molecule has 0 amide bonds. The molecule has 0 radical (unpaired) electrons. The molecule has 0 saturated heterocycles. The fourth-order valence-corrected chi connectivity index (χ4v) is 5.25. The van der Waals surface area contributed by atoms with Crippen LogP contribution in [0.2, 0.25) is 0 Å². The molecule has 176 valence electrons. The molecule has 1 aromatic rings. The third kappa shape index (κ3) is 4.74. The van der Waals surface area contributed by atoms with Crippen LogP contribution in [0.5, 0.6) is 0 Å². The number of carbonyl (C=O) groups excluding carboxylic acids is 4. The lowest BCUT2D eigenvalue weighted by atomic mass is 9.59. The second kappa shape index (κ2) is 8.24. The normalized spacial score (nSPS) is 21.5. The van der Waals surface area contributed by atoms with Crippen LogP contribution in [0.4, 0.5) is 11.4 Å². The molecular weight excluding hydrogens is 432 g/mol. The molecule has 10 nitrogen and oxygen atoms in total. The van der Waals surface area contributed by atoms with Crippen LogP contribution < -0.4 is 0 Å². The van der Waals surface area contributed by atoms with Gasteiger partial charge in [0.15, 0.2) is 0 Å². The number of benzene rings is 1. The van der Waals surface area contributed by atoms with E-state index in [0.29, 0.717) is 0 Å². The highest BCUT2D eigenvalue weighted by Gasteiger charge is 2.53. The van der Waals surface area contributed by atoms with E-state index in [1.54, 1.807) is 27.7 Å². The largest absolute Gasteiger partial charge is 0.299 e. The van der Waals surface area contributed by atoms with Gasteiger partial charge in [0.05, 0.1) is 27.7 Å². The van der Waals surface area contributed by atoms with E-state index in [4.69, 9.17) is 0 Å². The summed E-state index contributed by atoms with van der Waals surface area (Å²) >= 11 is 0. The van der Waals surface area contributed by atoms with Crippen molar-refractivity contribution in [2.75, 3.05) is 0 Å². The minimum Gasteiger partial charge on any atom is -0.299 e. The molecule has 2 saturated carbocycles. The van der Waals surface area contributed by atoms with Crippen molar-refractivity contribution in [3.63, 3.8) is 0 Å². The minimum atomic E-state index is -1.41. The highest BCUT2D eigenvalue weighted by atomic mass is 16.6. The van der Waals surface area contributed by atoms with Crippen LogP contribution in [0.15, 0.2) is 18.2 Å². The summed E-state index contributed by atoms with van der Waals surface area (Å²) in [4.78, 5) is 74.0. The van der Waals surface area contributed by atoms with Crippen molar-refractivity contribution in [3.05, 3.63) is 44.0 Å². The smallest absolute Gasteiger partial charge is 0.279 e. The highest BCUT2D eigenvalue weighted by Crippen LogP contribution is 2.49. The van der Waals surface area contributed by atoms with Gasteiger partial charge in [0.25, 0.3) is 11.4 Å². The number of hydrogen-bond donors (Lipinski definition) is 0. The lowest BCUT2D eigenvalue weighted by Crippen LogP contribution is -2.48. The number of hydrogen-bond acceptors (Lipinski definition) is 8. The van der Waals surface area contributed by atoms with E-state index in [0.717, 1.165) is 18.2 Å². The maximum absolute atomic E-state index is 13.2. The van der Waals surface area contributed by atoms with E-state index in [1.165, 1.54) is 0 Å². The number of nitro groups is 2. The summed E-state index contributed by atoms with van der Waals surface area (Å²) in [6, 6.07) is 2.87. The lowest BCUT2D eigenvalue weighted by molar-refractivity contribution is -0.394. The number of carbonyl (C=O) groups is 4. The van der Waals surface area contributed by atoms with Crippen molar-refractivity contribution in [1.82, 2.24) is 0 Å². The van der Waals surface area contributed by atoms with Gasteiger partial charge < -0.3 is 0 Å². The van der Waals surface area contributed by atoms with Gasteiger partial charge >= 0.3 is 0 Å². The second-order valence-corrected chi connectivity index (χ2v) is 10.6. The SMILES string of the molecule is CC1(C)CC(=O)C(C(c2ccc([N+](=O)[O-])cc2[N+](=O)[O-])C2C(=O)CC(C)(C)CC2=O)C(=O)C1. The van der Waals surface area contributed by atoms with E-state index in [-0.39, 0.29) is 31.2 Å². The fraction of sp³-hybridized carbons (Fsp3) is 0.565. The van der Waals surface area contributed by atoms with Crippen molar-refractivity contribution < 1.29 is 29.0 Å². The zero-order valence-electron chi connectivity index (χ0n) is 19.0. The predicted molar refractivity (Wildman–Crippen MR) is 116 cm³/mol. The van der Waals surface area contributed by atoms with Crippen molar-refractivity contribution in [3.8, 4) is 0 Å². The van der Waals surface area contributed by atoms with E-state index in [9.17, 15) is 39.4 Å². The summed E-state index contributed by atoms with van der Waals surface area (Å²) in [5.41, 5.74) is -2.64. The molecule has 1 aromatic carbocycles. The zero-order valence-corrected chi connectivity index (χ0v) is 19.0. The van der Waals surface area contributed by atoms with Crippen LogP contribution in [-0.2, 0) is 19.2 Å². The Morgan fingerprint density at radius 1 is 0.758 bits per heavy atom. The summed E-state index contributed by atoms with van der Waals surface area (Å²) in [5.74, 6) is -6.13. The van der Waals surface area contributed by atoms with E-state index < -0.39 is 72.9 Å². The quantitative estimate of drug-likeness (QED) is 0.367. The summed E-state index contributed by atoms with van der Waals surface area (Å²) in [5, 5.41) is 23.0. The first-order chi connectivity index (χ1) is 15.1. The van der Waals surface area contributed by atoms with Gasteiger partial charge in [0, 0.05) is 43.2 Å². The molecule has 10 heteroatoms. The Bertz CT molecular complexity index is 1000. The van der Waals surface area contributed by atoms with Gasteiger partial charge in [-0.3, -0.25) is 39.4 Å². The van der Waals surface area contributed by atoms with Crippen molar-refractivity contribution in [2.45, 2.75) is 59.3 Å². The molecule has 2 aliphatic rings. The van der Waals surface area contributed by atoms with Gasteiger partial charge in [0.2, 0.25) is 0 Å². The molecule has 0 N–H and O–H groups in total. The molecule has 0 spiro atoms. The topological polar surface area (TPSA) is 155 Å². The zero-order chi connectivity index (χ0) is 24.9. The van der Waals surface area contributed by atoms with Crippen LogP contribution >= 0.6 is 0 Å². The van der Waals surface area contributed by atoms with E-state index in [1.807, 2.05) is 0 Å². The molecule has 33 heavy (non-hydrogen) atoms. The molecule has 0 atom stereocenters. The third-order valence-electron chi connectivity index (χ3n) is 6.50. The Labute approximate surface area is 190 Å². The molecular formula is C23H26N2O8. The first-order valence-corrected chi connectivity index (χ1v) is 10.7. The van der Waals surface area contributed by atoms with Gasteiger partial charge in [0.1, 0.15) is 23.1 Å². The first-order valence-electron chi connectivity index (χ1n) is 10.7. The summed E-state index contributed by atoms with van der Waals surface area (Å²) in [6.07, 6.45) is 0.0606. The molecule has 2 fully saturated rings. The van der Waals surface area contributed by atoms with Crippen molar-refractivity contribution in [2.24, 2.45) is 22.7 Å². The second-order valence-electron chi connectivity index (χ2n) is 10.6. The van der Waals surface area contributed by atoms with E-state index >= 15 is 0 Å². The standard InChI is InChI=1S/C23H26N2O8/c1-22(2)8-15(26)20(16(27)9-22)19(21-17(28)10-23(3,4)11-18(21)29)13-6-5-12(24(30)31)7-14(13)25(32)33/h5-7,19-21H,8-11H2,1-4H3. The average Bonchev–Trinajstić information content (AvgIpc) is 2.63. The molecule has 0 unspecified atom stereocenters. The van der Waals surface area contributed by atoms with Crippen LogP contribution in [0.25, 0.3) is 0 Å². The Morgan fingerprint density at radius 3 is 1.48 bits per heavy atom. The van der Waals surface area contributed by atoms with Crippen molar-refractivity contribution >= 4 is 34.5 Å². The Morgan fingerprint density at radius 2 is 1.15 bits per heavy atom. The monoisotopic (exact) mass is 458 g/mol. The van der Waals surface area contributed by atoms with Gasteiger partial charge in [-0.1, -0.05) is 27.7 Å². The molecule has 2 aliphatic carbocycles. The summed E-state index contributed by atoms with van der Waals surface area (Å²) < 4.78 is 0. The average molecular weight is 458 g/mol. The number of nitrogens with zero attached hydrogens (tertiary/aromatic N) is 2. The summed E-state index contributed by atoms with van der Waals surface area (Å²) in [6.45, 7) is 7.01. The number of Topliss-reactive ketones (excluding diaryl/α,β-unsaturated/α-hetero) is 4. The summed E-state index contributed by atoms with van der Waals surface area (Å²) in [7, 11) is 0. The van der Waals surface area contributed by atoms with Gasteiger partial charge in [-0.25, -0.2) is 0 Å². The van der Waals surface area contributed by atoms with Gasteiger partial charge in [-0.15, -0.1) is 0 Å². The number of nitro benzene ring substituents is 2. The van der Waals surface area contributed by atoms with E-state index in [2.05, 4.69) is 0 Å². The van der Waals surface area contributed by atoms with Gasteiger partial charge in [-0.2, -0.15) is 0 Å².